The monoisotopic (exact) mass is 544 g/mol. The first-order chi connectivity index (χ1) is 18.8. The molecule has 5 heterocycles. The van der Waals surface area contributed by atoms with Crippen LogP contribution in [0.4, 0.5) is 5.69 Å². The van der Waals surface area contributed by atoms with E-state index in [2.05, 4.69) is 28.6 Å². The second-order valence-corrected chi connectivity index (χ2v) is 11.4. The quantitative estimate of drug-likeness (QED) is 0.386. The van der Waals surface area contributed by atoms with Crippen molar-refractivity contribution in [1.82, 2.24) is 24.6 Å². The standard InChI is InChI=1S/C29H29ClN6O3/c1-5-21(37)35-12-17-13-39-27-26(36(17)11-15(35)3)18-10-19(30)25(31-28(18)34(4)29(27)38)22-14(2)6-9-20-23(22)24(33-32-20)16-7-8-16/h5-6,9-10,15-17H,1,7-8,11-13H2,2-4H3,(H,32,33). The number of piperazine rings is 1. The summed E-state index contributed by atoms with van der Waals surface area (Å²) in [6.07, 6.45) is 3.61. The average Bonchev–Trinajstić information content (AvgIpc) is 3.69. The van der Waals surface area contributed by atoms with Gasteiger partial charge in [0.15, 0.2) is 0 Å². The number of halogens is 1. The summed E-state index contributed by atoms with van der Waals surface area (Å²) in [6.45, 7) is 9.05. The first-order valence-corrected chi connectivity index (χ1v) is 13.7. The summed E-state index contributed by atoms with van der Waals surface area (Å²) < 4.78 is 7.60. The van der Waals surface area contributed by atoms with Crippen molar-refractivity contribution < 1.29 is 9.53 Å². The normalized spacial score (nSPS) is 20.6. The fourth-order valence-electron chi connectivity index (χ4n) is 6.24. The zero-order valence-corrected chi connectivity index (χ0v) is 22.9. The Morgan fingerprint density at radius 1 is 1.28 bits per heavy atom. The number of pyridine rings is 2. The van der Waals surface area contributed by atoms with Gasteiger partial charge in [-0.2, -0.15) is 5.10 Å². The molecule has 9 nitrogen and oxygen atoms in total. The first-order valence-electron chi connectivity index (χ1n) is 13.3. The molecule has 4 aromatic rings. The van der Waals surface area contributed by atoms with Crippen LogP contribution in [0, 0.1) is 6.92 Å². The molecule has 39 heavy (non-hydrogen) atoms. The van der Waals surface area contributed by atoms with Crippen molar-refractivity contribution in [1.29, 1.82) is 0 Å². The Labute approximate surface area is 230 Å². The molecule has 200 valence electrons. The van der Waals surface area contributed by atoms with Gasteiger partial charge in [0.2, 0.25) is 11.7 Å². The molecule has 1 aromatic carbocycles. The summed E-state index contributed by atoms with van der Waals surface area (Å²) in [5, 5.41) is 10.1. The van der Waals surface area contributed by atoms with Crippen molar-refractivity contribution in [2.75, 3.05) is 24.6 Å². The van der Waals surface area contributed by atoms with E-state index in [0.717, 1.165) is 46.0 Å². The number of aromatic amines is 1. The summed E-state index contributed by atoms with van der Waals surface area (Å²) in [4.78, 5) is 35.1. The second-order valence-electron chi connectivity index (χ2n) is 11.0. The number of nitrogens with one attached hydrogen (secondary N) is 1. The van der Waals surface area contributed by atoms with Gasteiger partial charge in [0.05, 0.1) is 28.0 Å². The predicted molar refractivity (Wildman–Crippen MR) is 152 cm³/mol. The van der Waals surface area contributed by atoms with E-state index in [-0.39, 0.29) is 23.6 Å². The highest BCUT2D eigenvalue weighted by Crippen LogP contribution is 2.47. The number of carbonyl (C=O) groups is 1. The van der Waals surface area contributed by atoms with E-state index in [9.17, 15) is 9.59 Å². The van der Waals surface area contributed by atoms with Gasteiger partial charge in [0.25, 0.3) is 5.56 Å². The number of anilines is 1. The number of carbonyl (C=O) groups excluding carboxylic acids is 1. The van der Waals surface area contributed by atoms with Crippen LogP contribution in [0.5, 0.6) is 5.75 Å². The number of hydrogen-bond donors (Lipinski definition) is 1. The Hall–Kier alpha value is -3.85. The molecule has 2 atom stereocenters. The largest absolute Gasteiger partial charge is 0.484 e. The van der Waals surface area contributed by atoms with Crippen LogP contribution in [0.1, 0.15) is 36.9 Å². The molecule has 2 unspecified atom stereocenters. The molecule has 2 aliphatic heterocycles. The van der Waals surface area contributed by atoms with Crippen LogP contribution in [-0.4, -0.2) is 62.3 Å². The Morgan fingerprint density at radius 2 is 2.08 bits per heavy atom. The lowest BCUT2D eigenvalue weighted by Gasteiger charge is -2.48. The number of H-pyrrole nitrogens is 1. The van der Waals surface area contributed by atoms with E-state index < -0.39 is 0 Å². The van der Waals surface area contributed by atoms with Gasteiger partial charge < -0.3 is 14.5 Å². The average molecular weight is 545 g/mol. The number of aryl methyl sites for hydroxylation is 2. The van der Waals surface area contributed by atoms with E-state index in [1.165, 1.54) is 6.08 Å². The number of nitrogens with zero attached hydrogens (tertiary/aromatic N) is 5. The molecule has 0 radical (unpaired) electrons. The Bertz CT molecular complexity index is 1770. The highest BCUT2D eigenvalue weighted by molar-refractivity contribution is 6.34. The number of benzene rings is 1. The van der Waals surface area contributed by atoms with Crippen molar-refractivity contribution >= 4 is 45.1 Å². The van der Waals surface area contributed by atoms with Crippen LogP contribution in [0.2, 0.25) is 5.02 Å². The fraction of sp³-hybridized carbons (Fsp3) is 0.379. The van der Waals surface area contributed by atoms with Crippen molar-refractivity contribution in [3.63, 3.8) is 0 Å². The summed E-state index contributed by atoms with van der Waals surface area (Å²) >= 11 is 7.04. The number of ether oxygens (including phenoxy) is 1. The van der Waals surface area contributed by atoms with Gasteiger partial charge in [0.1, 0.15) is 12.3 Å². The Balaban J connectivity index is 1.44. The van der Waals surface area contributed by atoms with Crippen molar-refractivity contribution in [3.05, 3.63) is 57.5 Å². The minimum absolute atomic E-state index is 0.0679. The first kappa shape index (κ1) is 24.2. The van der Waals surface area contributed by atoms with Gasteiger partial charge in [-0.3, -0.25) is 19.3 Å². The van der Waals surface area contributed by atoms with Gasteiger partial charge >= 0.3 is 0 Å². The zero-order chi connectivity index (χ0) is 27.2. The third-order valence-corrected chi connectivity index (χ3v) is 8.72. The summed E-state index contributed by atoms with van der Waals surface area (Å²) in [7, 11) is 1.72. The maximum absolute atomic E-state index is 13.6. The van der Waals surface area contributed by atoms with E-state index in [4.69, 9.17) is 21.3 Å². The third kappa shape index (κ3) is 3.52. The van der Waals surface area contributed by atoms with E-state index in [1.54, 1.807) is 16.5 Å². The molecule has 2 fully saturated rings. The summed E-state index contributed by atoms with van der Waals surface area (Å²) in [6, 6.07) is 5.79. The molecule has 1 amide bonds. The van der Waals surface area contributed by atoms with Crippen LogP contribution >= 0.6 is 11.6 Å². The lowest BCUT2D eigenvalue weighted by Crippen LogP contribution is -2.62. The fourth-order valence-corrected chi connectivity index (χ4v) is 6.49. The van der Waals surface area contributed by atoms with Gasteiger partial charge in [-0.1, -0.05) is 24.2 Å². The van der Waals surface area contributed by atoms with Gasteiger partial charge in [-0.15, -0.1) is 0 Å². The minimum atomic E-state index is -0.245. The molecule has 10 heteroatoms. The van der Waals surface area contributed by atoms with Crippen molar-refractivity contribution in [2.45, 2.75) is 44.7 Å². The maximum atomic E-state index is 13.6. The molecule has 1 N–H and O–H groups in total. The number of amides is 1. The third-order valence-electron chi connectivity index (χ3n) is 8.43. The van der Waals surface area contributed by atoms with E-state index in [0.29, 0.717) is 53.4 Å². The molecule has 1 aliphatic carbocycles. The van der Waals surface area contributed by atoms with E-state index >= 15 is 0 Å². The second kappa shape index (κ2) is 8.58. The molecular formula is C29H29ClN6O3. The van der Waals surface area contributed by atoms with Gasteiger partial charge in [-0.25, -0.2) is 4.98 Å². The van der Waals surface area contributed by atoms with Crippen LogP contribution < -0.4 is 15.2 Å². The molecule has 0 bridgehead atoms. The number of hydrogen-bond acceptors (Lipinski definition) is 6. The van der Waals surface area contributed by atoms with Gasteiger partial charge in [-0.05, 0) is 50.5 Å². The van der Waals surface area contributed by atoms with Crippen LogP contribution in [0.25, 0.3) is 33.2 Å². The minimum Gasteiger partial charge on any atom is -0.484 e. The predicted octanol–water partition coefficient (Wildman–Crippen LogP) is 4.30. The van der Waals surface area contributed by atoms with Gasteiger partial charge in [0, 0.05) is 54.1 Å². The molecule has 1 saturated heterocycles. The smallest absolute Gasteiger partial charge is 0.296 e. The molecular weight excluding hydrogens is 516 g/mol. The number of aromatic nitrogens is 4. The van der Waals surface area contributed by atoms with Crippen LogP contribution in [0.15, 0.2) is 35.6 Å². The SMILES string of the molecule is C=CC(=O)N1CC2COc3c(c4cc(Cl)c(-c5c(C)ccc6n[nH]c(C7CC7)c56)nc4n(C)c3=O)N2CC1C. The van der Waals surface area contributed by atoms with Crippen molar-refractivity contribution in [3.8, 4) is 17.0 Å². The Kier molecular flexibility index (Phi) is 5.32. The molecule has 7 rings (SSSR count). The Morgan fingerprint density at radius 3 is 2.82 bits per heavy atom. The molecule has 1 saturated carbocycles. The number of fused-ring (bicyclic) bond motifs is 6. The highest BCUT2D eigenvalue weighted by atomic mass is 35.5. The molecule has 3 aromatic heterocycles. The number of rotatable bonds is 3. The topological polar surface area (TPSA) is 96.4 Å². The molecule has 0 spiro atoms. The lowest BCUT2D eigenvalue weighted by atomic mass is 9.97. The van der Waals surface area contributed by atoms with Crippen LogP contribution in [0.3, 0.4) is 0 Å². The molecule has 3 aliphatic rings. The van der Waals surface area contributed by atoms with Crippen molar-refractivity contribution in [2.24, 2.45) is 7.05 Å². The van der Waals surface area contributed by atoms with E-state index in [1.807, 2.05) is 25.1 Å². The lowest BCUT2D eigenvalue weighted by molar-refractivity contribution is -0.129. The summed E-state index contributed by atoms with van der Waals surface area (Å²) in [5.41, 5.74) is 5.61. The van der Waals surface area contributed by atoms with Crippen LogP contribution in [-0.2, 0) is 11.8 Å². The highest BCUT2D eigenvalue weighted by Gasteiger charge is 2.40. The summed E-state index contributed by atoms with van der Waals surface area (Å²) in [5.74, 6) is 0.658. The zero-order valence-electron chi connectivity index (χ0n) is 22.1. The maximum Gasteiger partial charge on any atom is 0.296 e.